The number of hydrogen-bond donors (Lipinski definition) is 8. The maximum atomic E-state index is 14.3. The van der Waals surface area contributed by atoms with Crippen LogP contribution in [0.15, 0.2) is 109 Å². The van der Waals surface area contributed by atoms with Crippen LogP contribution in [0.25, 0.3) is 16.7 Å². The second-order valence-electron chi connectivity index (χ2n) is 20.6. The van der Waals surface area contributed by atoms with E-state index >= 15 is 0 Å². The second-order valence-corrected chi connectivity index (χ2v) is 21.9. The minimum atomic E-state index is -1.43. The Morgan fingerprint density at radius 1 is 0.607 bits per heavy atom. The lowest BCUT2D eigenvalue weighted by atomic mass is 9.98. The van der Waals surface area contributed by atoms with Crippen molar-refractivity contribution < 1.29 is 62.1 Å². The Hall–Kier alpha value is -7.95. The van der Waals surface area contributed by atoms with Crippen LogP contribution in [-0.4, -0.2) is 166 Å². The molecule has 8 amide bonds. The Labute approximate surface area is 493 Å². The first-order valence-corrected chi connectivity index (χ1v) is 29.7. The van der Waals surface area contributed by atoms with Crippen LogP contribution < -0.4 is 42.5 Å². The molecule has 1 aliphatic carbocycles. The highest BCUT2D eigenvalue weighted by Crippen LogP contribution is 2.44. The highest BCUT2D eigenvalue weighted by atomic mass is 32.2. The molecule has 448 valence electrons. The van der Waals surface area contributed by atoms with Gasteiger partial charge in [-0.15, -0.1) is 0 Å². The Morgan fingerprint density at radius 2 is 1.15 bits per heavy atom. The summed E-state index contributed by atoms with van der Waals surface area (Å²) in [6.07, 6.45) is 3.56. The molecule has 4 aromatic carbocycles. The zero-order chi connectivity index (χ0) is 59.3. The summed E-state index contributed by atoms with van der Waals surface area (Å²) in [4.78, 5) is 108. The van der Waals surface area contributed by atoms with Crippen molar-refractivity contribution in [3.63, 3.8) is 0 Å². The number of nitrogens with zero attached hydrogens (tertiary/aromatic N) is 2. The molecule has 22 nitrogen and oxygen atoms in total. The van der Waals surface area contributed by atoms with Gasteiger partial charge in [0.15, 0.2) is 0 Å². The summed E-state index contributed by atoms with van der Waals surface area (Å²) in [5.41, 5.74) is 14.5. The van der Waals surface area contributed by atoms with Gasteiger partial charge in [-0.1, -0.05) is 116 Å². The van der Waals surface area contributed by atoms with Crippen molar-refractivity contribution >= 4 is 65.4 Å². The van der Waals surface area contributed by atoms with Crippen LogP contribution >= 0.6 is 11.8 Å². The summed E-state index contributed by atoms with van der Waals surface area (Å²) in [7, 11) is 0. The molecule has 6 atom stereocenters. The van der Waals surface area contributed by atoms with Gasteiger partial charge in [0, 0.05) is 68.9 Å². The molecular weight excluding hydrogens is 1100 g/mol. The van der Waals surface area contributed by atoms with Crippen molar-refractivity contribution in [3.8, 4) is 11.1 Å². The van der Waals surface area contributed by atoms with Gasteiger partial charge in [-0.3, -0.25) is 28.8 Å². The zero-order valence-electron chi connectivity index (χ0n) is 47.1. The maximum absolute atomic E-state index is 14.3. The number of Topliss-reactive ketones (excluding diaryl/α,β-unsaturated/α-hetero) is 1. The maximum Gasteiger partial charge on any atom is 0.407 e. The number of alkyl carbamates (subject to hydrolysis) is 1. The molecule has 0 saturated carbocycles. The van der Waals surface area contributed by atoms with E-state index < -0.39 is 60.2 Å². The summed E-state index contributed by atoms with van der Waals surface area (Å²) < 4.78 is 22.6. The van der Waals surface area contributed by atoms with Gasteiger partial charge in [0.05, 0.1) is 45.1 Å². The number of nitrogens with one attached hydrogen (secondary N) is 8. The largest absolute Gasteiger partial charge is 0.449 e. The third-order valence-corrected chi connectivity index (χ3v) is 16.0. The summed E-state index contributed by atoms with van der Waals surface area (Å²) in [5, 5.41) is 22.7. The van der Waals surface area contributed by atoms with Gasteiger partial charge in [-0.05, 0) is 65.5 Å². The molecule has 2 fully saturated rings. The number of ether oxygens (including phenoxy) is 4. The topological polar surface area (TPSA) is 306 Å². The lowest BCUT2D eigenvalue weighted by Gasteiger charge is -2.25. The van der Waals surface area contributed by atoms with Crippen LogP contribution in [0.2, 0.25) is 0 Å². The van der Waals surface area contributed by atoms with Gasteiger partial charge in [0.25, 0.3) is 0 Å². The first kappa shape index (κ1) is 63.6. The molecule has 0 aromatic heterocycles. The number of thioether (sulfide) groups is 1. The van der Waals surface area contributed by atoms with E-state index in [0.717, 1.165) is 47.3 Å². The van der Waals surface area contributed by atoms with Gasteiger partial charge >= 0.3 is 18.3 Å². The standard InChI is InChI=1S/C61H76N10O12S/c62-66-37-43(72)25-26-49(67-59(77)51(36-42-17-5-2-6-18-42)70-61(79)83-39-48-46-21-9-7-19-44(46)45-20-8-10-22-47(45)48)58(76)68-50(35-41-15-3-1-4-16-41)57(75)65-38-55(74)64-28-14-30-81-32-34-82-33-31-80-29-13-27-63-54(73)24-12-11-23-53-56-52(40-84-53)69-60(78)71-56/h1-10,15-22,37,48-53,56H,11-14,23-36,38-40H2,(H,63,73)(H,64,74)(H,65,75)(H,67,77)(H,68,76)(H,70,79)(H2,69,71,78)/t49-,50-,51-,52-,53-,56-/m0/s1. The van der Waals surface area contributed by atoms with Crippen molar-refractivity contribution in [1.82, 2.24) is 42.5 Å². The van der Waals surface area contributed by atoms with Crippen molar-refractivity contribution in [1.29, 1.82) is 0 Å². The van der Waals surface area contributed by atoms with Crippen molar-refractivity contribution in [2.45, 2.75) is 106 Å². The van der Waals surface area contributed by atoms with E-state index in [1.807, 2.05) is 60.3 Å². The van der Waals surface area contributed by atoms with Crippen LogP contribution in [0.1, 0.15) is 79.5 Å². The number of rotatable bonds is 37. The quantitative estimate of drug-likeness (QED) is 0.0105. The van der Waals surface area contributed by atoms with Crippen molar-refractivity contribution in [2.75, 3.05) is 71.6 Å². The number of unbranched alkanes of at least 4 members (excludes halogenated alkanes) is 1. The summed E-state index contributed by atoms with van der Waals surface area (Å²) in [6.45, 7) is 2.67. The molecule has 3 aliphatic rings. The molecule has 2 aliphatic heterocycles. The van der Waals surface area contributed by atoms with E-state index in [0.29, 0.717) is 88.0 Å². The fourth-order valence-corrected chi connectivity index (χ4v) is 11.7. The fourth-order valence-electron chi connectivity index (χ4n) is 10.2. The van der Waals surface area contributed by atoms with E-state index in [1.165, 1.54) is 0 Å². The van der Waals surface area contributed by atoms with Gasteiger partial charge < -0.3 is 67.0 Å². The Morgan fingerprint density at radius 3 is 1.77 bits per heavy atom. The first-order chi connectivity index (χ1) is 40.9. The molecule has 0 unspecified atom stereocenters. The molecular formula is C61H76N10O12S. The molecule has 0 spiro atoms. The molecule has 4 aromatic rings. The van der Waals surface area contributed by atoms with Gasteiger partial charge in [-0.25, -0.2) is 9.59 Å². The Balaban J connectivity index is 0.800. The van der Waals surface area contributed by atoms with Crippen LogP contribution in [0.5, 0.6) is 0 Å². The number of carbonyl (C=O) groups excluding carboxylic acids is 8. The minimum absolute atomic E-state index is 0.000755. The number of fused-ring (bicyclic) bond motifs is 4. The monoisotopic (exact) mass is 1170 g/mol. The molecule has 7 rings (SSSR count). The van der Waals surface area contributed by atoms with Gasteiger partial charge in [0.1, 0.15) is 24.7 Å². The normalized spacial score (nSPS) is 16.6. The highest BCUT2D eigenvalue weighted by Gasteiger charge is 2.42. The van der Waals surface area contributed by atoms with Crippen LogP contribution in [0.3, 0.4) is 0 Å². The Bertz CT molecular complexity index is 2830. The van der Waals surface area contributed by atoms with Gasteiger partial charge in [0.2, 0.25) is 35.3 Å². The van der Waals surface area contributed by atoms with E-state index in [9.17, 15) is 38.4 Å². The molecule has 84 heavy (non-hydrogen) atoms. The average Bonchev–Trinajstić information content (AvgIpc) is 3.49. The van der Waals surface area contributed by atoms with Crippen LogP contribution in [0.4, 0.5) is 9.59 Å². The number of amides is 8. The van der Waals surface area contributed by atoms with E-state index in [4.69, 9.17) is 24.5 Å². The van der Waals surface area contributed by atoms with Crippen LogP contribution in [0, 0.1) is 0 Å². The lowest BCUT2D eigenvalue weighted by molar-refractivity contribution is -0.133. The van der Waals surface area contributed by atoms with Crippen LogP contribution in [-0.2, 0) is 60.6 Å². The molecule has 23 heteroatoms. The highest BCUT2D eigenvalue weighted by molar-refractivity contribution is 8.00. The average molecular weight is 1170 g/mol. The number of carbonyl (C=O) groups is 8. The third kappa shape index (κ3) is 20.7. The fraction of sp³-hybridized carbons (Fsp3) is 0.459. The number of urea groups is 1. The van der Waals surface area contributed by atoms with Crippen molar-refractivity contribution in [3.05, 3.63) is 137 Å². The third-order valence-electron chi connectivity index (χ3n) is 14.5. The van der Waals surface area contributed by atoms with E-state index in [1.54, 1.807) is 60.7 Å². The minimum Gasteiger partial charge on any atom is -0.449 e. The zero-order valence-corrected chi connectivity index (χ0v) is 47.9. The predicted molar refractivity (Wildman–Crippen MR) is 315 cm³/mol. The smallest absolute Gasteiger partial charge is 0.407 e. The predicted octanol–water partition coefficient (Wildman–Crippen LogP) is 3.90. The second kappa shape index (κ2) is 34.6. The molecule has 2 heterocycles. The van der Waals surface area contributed by atoms with Gasteiger partial charge in [-0.2, -0.15) is 16.6 Å². The summed E-state index contributed by atoms with van der Waals surface area (Å²) in [6, 6.07) is 29.9. The number of benzene rings is 4. The first-order valence-electron chi connectivity index (χ1n) is 28.7. The molecule has 0 radical (unpaired) electrons. The molecule has 8 N–H and O–H groups in total. The Kier molecular flexibility index (Phi) is 26.2. The van der Waals surface area contributed by atoms with E-state index in [-0.39, 0.29) is 68.8 Å². The van der Waals surface area contributed by atoms with E-state index in [2.05, 4.69) is 47.3 Å². The molecule has 2 saturated heterocycles. The SMILES string of the molecule is [N-]=[N+]=CC(=O)CC[C@H](NC(=O)[C@H](Cc1ccccc1)NC(=O)OCC1c2ccccc2-c2ccccc21)C(=O)N[C@@H](Cc1ccccc1)C(=O)NCC(=O)NCCCOCCOCCOCCCNC(=O)CCCC[C@@H]1SC[C@@H]2NC(=O)N[C@@H]21. The number of ketones is 1. The lowest BCUT2D eigenvalue weighted by Crippen LogP contribution is -2.58. The number of hydrogen-bond acceptors (Lipinski definition) is 13. The van der Waals surface area contributed by atoms with Crippen molar-refractivity contribution in [2.24, 2.45) is 0 Å². The molecule has 0 bridgehead atoms. The summed E-state index contributed by atoms with van der Waals surface area (Å²) in [5.74, 6) is -2.72. The summed E-state index contributed by atoms with van der Waals surface area (Å²) >= 11 is 1.88.